The van der Waals surface area contributed by atoms with E-state index < -0.39 is 11.8 Å². The highest BCUT2D eigenvalue weighted by atomic mass is 19.1. The number of hydrogen-bond acceptors (Lipinski definition) is 4. The zero-order valence-corrected chi connectivity index (χ0v) is 8.16. The largest absolute Gasteiger partial charge is 0.466 e. The zero-order valence-electron chi connectivity index (χ0n) is 8.16. The van der Waals surface area contributed by atoms with Crippen LogP contribution in [0, 0.1) is 17.1 Å². The number of rotatable bonds is 3. The molecule has 0 atom stereocenters. The predicted octanol–water partition coefficient (Wildman–Crippen LogP) is 1.20. The topological polar surface area (TPSA) is 63.0 Å². The van der Waals surface area contributed by atoms with Gasteiger partial charge in [-0.25, -0.2) is 4.39 Å². The van der Waals surface area contributed by atoms with Gasteiger partial charge in [-0.05, 0) is 6.92 Å². The highest BCUT2D eigenvalue weighted by molar-refractivity contribution is 5.73. The summed E-state index contributed by atoms with van der Waals surface area (Å²) in [5.41, 5.74) is 0.0917. The highest BCUT2D eigenvalue weighted by Gasteiger charge is 2.13. The van der Waals surface area contributed by atoms with E-state index in [0.29, 0.717) is 0 Å². The van der Waals surface area contributed by atoms with Crippen molar-refractivity contribution in [1.82, 2.24) is 4.98 Å². The molecule has 0 bridgehead atoms. The van der Waals surface area contributed by atoms with E-state index in [2.05, 4.69) is 9.72 Å². The molecular weight excluding hydrogens is 199 g/mol. The van der Waals surface area contributed by atoms with E-state index in [4.69, 9.17) is 5.26 Å². The molecule has 15 heavy (non-hydrogen) atoms. The predicted molar refractivity (Wildman–Crippen MR) is 49.2 cm³/mol. The van der Waals surface area contributed by atoms with Crippen LogP contribution in [-0.2, 0) is 16.0 Å². The zero-order chi connectivity index (χ0) is 11.3. The Morgan fingerprint density at radius 2 is 2.40 bits per heavy atom. The molecule has 0 saturated heterocycles. The fourth-order valence-corrected chi connectivity index (χ4v) is 1.09. The van der Waals surface area contributed by atoms with Crippen LogP contribution in [0.2, 0.25) is 0 Å². The minimum absolute atomic E-state index is 0.0333. The van der Waals surface area contributed by atoms with Crippen LogP contribution in [0.25, 0.3) is 0 Å². The van der Waals surface area contributed by atoms with Gasteiger partial charge in [-0.1, -0.05) is 0 Å². The molecule has 78 valence electrons. The minimum atomic E-state index is -0.665. The average molecular weight is 208 g/mol. The van der Waals surface area contributed by atoms with Crippen LogP contribution in [0.15, 0.2) is 12.4 Å². The molecule has 1 aromatic heterocycles. The third-order valence-corrected chi connectivity index (χ3v) is 1.75. The molecule has 5 heteroatoms. The van der Waals surface area contributed by atoms with Crippen molar-refractivity contribution in [3.8, 4) is 6.07 Å². The number of halogens is 1. The van der Waals surface area contributed by atoms with E-state index >= 15 is 0 Å². The third-order valence-electron chi connectivity index (χ3n) is 1.75. The molecule has 0 aliphatic heterocycles. The number of esters is 1. The highest BCUT2D eigenvalue weighted by Crippen LogP contribution is 2.12. The quantitative estimate of drug-likeness (QED) is 0.700. The van der Waals surface area contributed by atoms with E-state index in [1.54, 1.807) is 13.0 Å². The van der Waals surface area contributed by atoms with Crippen LogP contribution < -0.4 is 0 Å². The Hall–Kier alpha value is -1.96. The molecule has 0 aliphatic carbocycles. The molecule has 0 unspecified atom stereocenters. The fraction of sp³-hybridized carbons (Fsp3) is 0.300. The number of ether oxygens (including phenoxy) is 1. The summed E-state index contributed by atoms with van der Waals surface area (Å²) >= 11 is 0. The van der Waals surface area contributed by atoms with Gasteiger partial charge in [0.2, 0.25) is 0 Å². The summed E-state index contributed by atoms with van der Waals surface area (Å²) in [5.74, 6) is -1.22. The number of carbonyl (C=O) groups is 1. The Kier molecular flexibility index (Phi) is 3.75. The van der Waals surface area contributed by atoms with Gasteiger partial charge in [0.25, 0.3) is 0 Å². The summed E-state index contributed by atoms with van der Waals surface area (Å²) < 4.78 is 17.9. The standard InChI is InChI=1S/C10H9FN2O2/c1-2-15-10(14)3-8-7(4-12)5-13-6-9(8)11/h5-6H,2-3H2,1H3. The fourth-order valence-electron chi connectivity index (χ4n) is 1.09. The normalized spacial score (nSPS) is 9.40. The van der Waals surface area contributed by atoms with Crippen LogP contribution in [0.1, 0.15) is 18.1 Å². The number of hydrogen-bond donors (Lipinski definition) is 0. The van der Waals surface area contributed by atoms with Crippen molar-refractivity contribution in [3.63, 3.8) is 0 Å². The molecule has 1 aromatic rings. The third kappa shape index (κ3) is 2.74. The second-order valence-electron chi connectivity index (χ2n) is 2.74. The van der Waals surface area contributed by atoms with E-state index in [1.165, 1.54) is 6.20 Å². The van der Waals surface area contributed by atoms with Gasteiger partial charge in [0.05, 0.1) is 24.8 Å². The van der Waals surface area contributed by atoms with E-state index in [-0.39, 0.29) is 24.2 Å². The Morgan fingerprint density at radius 3 is 3.00 bits per heavy atom. The average Bonchev–Trinajstić information content (AvgIpc) is 2.21. The van der Waals surface area contributed by atoms with Crippen molar-refractivity contribution in [1.29, 1.82) is 5.26 Å². The molecule has 0 aliphatic rings. The van der Waals surface area contributed by atoms with Crippen molar-refractivity contribution in [2.24, 2.45) is 0 Å². The van der Waals surface area contributed by atoms with Crippen LogP contribution >= 0.6 is 0 Å². The van der Waals surface area contributed by atoms with Gasteiger partial charge in [-0.15, -0.1) is 0 Å². The summed E-state index contributed by atoms with van der Waals surface area (Å²) in [4.78, 5) is 14.6. The SMILES string of the molecule is CCOC(=O)Cc1c(F)cncc1C#N. The molecule has 0 aromatic carbocycles. The molecule has 4 nitrogen and oxygen atoms in total. The van der Waals surface area contributed by atoms with Crippen molar-refractivity contribution in [2.45, 2.75) is 13.3 Å². The Bertz CT molecular complexity index is 412. The number of pyridine rings is 1. The van der Waals surface area contributed by atoms with Crippen LogP contribution in [-0.4, -0.2) is 17.6 Å². The summed E-state index contributed by atoms with van der Waals surface area (Å²) in [7, 11) is 0. The first-order valence-corrected chi connectivity index (χ1v) is 4.37. The van der Waals surface area contributed by atoms with Crippen LogP contribution in [0.4, 0.5) is 4.39 Å². The van der Waals surface area contributed by atoms with Gasteiger partial charge < -0.3 is 4.74 Å². The van der Waals surface area contributed by atoms with Crippen molar-refractivity contribution in [2.75, 3.05) is 6.61 Å². The molecular formula is C10H9FN2O2. The minimum Gasteiger partial charge on any atom is -0.466 e. The smallest absolute Gasteiger partial charge is 0.310 e. The number of carbonyl (C=O) groups excluding carboxylic acids is 1. The lowest BCUT2D eigenvalue weighted by Gasteiger charge is -2.04. The Morgan fingerprint density at radius 1 is 1.67 bits per heavy atom. The van der Waals surface area contributed by atoms with Gasteiger partial charge in [0.15, 0.2) is 0 Å². The lowest BCUT2D eigenvalue weighted by Crippen LogP contribution is -2.10. The van der Waals surface area contributed by atoms with Crippen molar-refractivity contribution < 1.29 is 13.9 Å². The molecule has 0 fully saturated rings. The molecule has 1 heterocycles. The van der Waals surface area contributed by atoms with Gasteiger partial charge in [0, 0.05) is 11.8 Å². The van der Waals surface area contributed by atoms with Gasteiger partial charge in [-0.2, -0.15) is 5.26 Å². The Labute approximate surface area is 86.3 Å². The number of aromatic nitrogens is 1. The van der Waals surface area contributed by atoms with E-state index in [9.17, 15) is 9.18 Å². The summed E-state index contributed by atoms with van der Waals surface area (Å²) in [6.45, 7) is 1.89. The lowest BCUT2D eigenvalue weighted by atomic mass is 10.1. The summed E-state index contributed by atoms with van der Waals surface area (Å²) in [5, 5.41) is 8.68. The van der Waals surface area contributed by atoms with E-state index in [0.717, 1.165) is 6.20 Å². The second-order valence-corrected chi connectivity index (χ2v) is 2.74. The maximum atomic E-state index is 13.2. The van der Waals surface area contributed by atoms with Crippen LogP contribution in [0.3, 0.4) is 0 Å². The van der Waals surface area contributed by atoms with Gasteiger partial charge >= 0.3 is 5.97 Å². The maximum Gasteiger partial charge on any atom is 0.310 e. The molecule has 0 saturated carbocycles. The number of nitrogens with zero attached hydrogens (tertiary/aromatic N) is 2. The summed E-state index contributed by atoms with van der Waals surface area (Å²) in [6, 6.07) is 1.77. The van der Waals surface area contributed by atoms with Gasteiger partial charge in [-0.3, -0.25) is 9.78 Å². The van der Waals surface area contributed by atoms with Crippen molar-refractivity contribution >= 4 is 5.97 Å². The second kappa shape index (κ2) is 5.05. The number of nitriles is 1. The van der Waals surface area contributed by atoms with Crippen molar-refractivity contribution in [3.05, 3.63) is 29.3 Å². The lowest BCUT2D eigenvalue weighted by molar-refractivity contribution is -0.142. The molecule has 0 N–H and O–H groups in total. The Balaban J connectivity index is 2.94. The van der Waals surface area contributed by atoms with Crippen LogP contribution in [0.5, 0.6) is 0 Å². The first kappa shape index (κ1) is 11.1. The first-order chi connectivity index (χ1) is 7.19. The maximum absolute atomic E-state index is 13.2. The first-order valence-electron chi connectivity index (χ1n) is 4.37. The van der Waals surface area contributed by atoms with E-state index in [1.807, 2.05) is 0 Å². The monoisotopic (exact) mass is 208 g/mol. The molecule has 0 radical (unpaired) electrons. The molecule has 1 rings (SSSR count). The van der Waals surface area contributed by atoms with Gasteiger partial charge in [0.1, 0.15) is 11.9 Å². The summed E-state index contributed by atoms with van der Waals surface area (Å²) in [6.07, 6.45) is 1.94. The molecule has 0 spiro atoms. The molecule has 0 amide bonds.